The predicted molar refractivity (Wildman–Crippen MR) is 68.8 cm³/mol. The van der Waals surface area contributed by atoms with Crippen molar-refractivity contribution in [1.29, 1.82) is 0 Å². The van der Waals surface area contributed by atoms with E-state index in [0.717, 1.165) is 26.2 Å². The predicted octanol–water partition coefficient (Wildman–Crippen LogP) is 1.88. The summed E-state index contributed by atoms with van der Waals surface area (Å²) in [5.74, 6) is 0. The van der Waals surface area contributed by atoms with E-state index in [1.165, 1.54) is 25.7 Å². The van der Waals surface area contributed by atoms with Gasteiger partial charge in [0.25, 0.3) is 0 Å². The van der Waals surface area contributed by atoms with E-state index in [4.69, 9.17) is 4.74 Å². The Kier molecular flexibility index (Phi) is 7.01. The molecule has 0 amide bonds. The summed E-state index contributed by atoms with van der Waals surface area (Å²) in [5.41, 5.74) is 0. The number of likely N-dealkylation sites (N-methyl/N-ethyl adjacent to an activating group) is 1. The lowest BCUT2D eigenvalue weighted by Gasteiger charge is -2.31. The lowest BCUT2D eigenvalue weighted by atomic mass is 10.1. The van der Waals surface area contributed by atoms with Crippen LogP contribution in [0, 0.1) is 0 Å². The van der Waals surface area contributed by atoms with E-state index >= 15 is 0 Å². The van der Waals surface area contributed by atoms with Gasteiger partial charge in [-0.25, -0.2) is 0 Å². The Labute approximate surface area is 101 Å². The maximum atomic E-state index is 5.74. The minimum Gasteiger partial charge on any atom is -0.374 e. The molecule has 3 nitrogen and oxygen atoms in total. The maximum absolute atomic E-state index is 5.74. The van der Waals surface area contributed by atoms with Crippen molar-refractivity contribution in [3.8, 4) is 0 Å². The van der Waals surface area contributed by atoms with Crippen LogP contribution in [0.25, 0.3) is 0 Å². The van der Waals surface area contributed by atoms with Gasteiger partial charge >= 0.3 is 0 Å². The summed E-state index contributed by atoms with van der Waals surface area (Å²) < 4.78 is 5.74. The zero-order valence-corrected chi connectivity index (χ0v) is 11.2. The van der Waals surface area contributed by atoms with Gasteiger partial charge in [-0.3, -0.25) is 0 Å². The average molecular weight is 228 g/mol. The Morgan fingerprint density at radius 3 is 2.88 bits per heavy atom. The highest BCUT2D eigenvalue weighted by Gasteiger charge is 2.18. The first kappa shape index (κ1) is 13.9. The van der Waals surface area contributed by atoms with Crippen LogP contribution in [0.2, 0.25) is 0 Å². The standard InChI is InChI=1S/C13H28N2O/c1-4-6-7-12(5-2)14-10-13-11-15(3)8-9-16-13/h12-14H,4-11H2,1-3H3. The van der Waals surface area contributed by atoms with Crippen molar-refractivity contribution >= 4 is 0 Å². The molecule has 0 bridgehead atoms. The molecule has 0 aliphatic carbocycles. The number of nitrogens with zero attached hydrogens (tertiary/aromatic N) is 1. The van der Waals surface area contributed by atoms with Crippen molar-refractivity contribution in [2.45, 2.75) is 51.7 Å². The van der Waals surface area contributed by atoms with E-state index in [1.54, 1.807) is 0 Å². The molecule has 0 saturated carbocycles. The summed E-state index contributed by atoms with van der Waals surface area (Å²) in [4.78, 5) is 2.35. The summed E-state index contributed by atoms with van der Waals surface area (Å²) in [6.45, 7) is 8.55. The van der Waals surface area contributed by atoms with E-state index in [9.17, 15) is 0 Å². The van der Waals surface area contributed by atoms with Gasteiger partial charge in [0.15, 0.2) is 0 Å². The van der Waals surface area contributed by atoms with E-state index in [0.29, 0.717) is 12.1 Å². The first-order chi connectivity index (χ1) is 7.76. The number of ether oxygens (including phenoxy) is 1. The molecule has 3 heteroatoms. The van der Waals surface area contributed by atoms with Crippen molar-refractivity contribution in [2.24, 2.45) is 0 Å². The van der Waals surface area contributed by atoms with Gasteiger partial charge in [-0.2, -0.15) is 0 Å². The Balaban J connectivity index is 2.15. The number of morpholine rings is 1. The van der Waals surface area contributed by atoms with Crippen molar-refractivity contribution in [2.75, 3.05) is 33.3 Å². The fourth-order valence-corrected chi connectivity index (χ4v) is 2.19. The summed E-state index contributed by atoms with van der Waals surface area (Å²) in [7, 11) is 2.17. The molecule has 0 radical (unpaired) electrons. The largest absolute Gasteiger partial charge is 0.374 e. The Bertz CT molecular complexity index is 175. The molecular weight excluding hydrogens is 200 g/mol. The highest BCUT2D eigenvalue weighted by atomic mass is 16.5. The van der Waals surface area contributed by atoms with Gasteiger partial charge < -0.3 is 15.0 Å². The average Bonchev–Trinajstić information content (AvgIpc) is 2.29. The molecule has 1 heterocycles. The lowest BCUT2D eigenvalue weighted by Crippen LogP contribution is -2.46. The van der Waals surface area contributed by atoms with Gasteiger partial charge in [-0.15, -0.1) is 0 Å². The molecule has 16 heavy (non-hydrogen) atoms. The lowest BCUT2D eigenvalue weighted by molar-refractivity contribution is -0.0194. The van der Waals surface area contributed by atoms with E-state index in [1.807, 2.05) is 0 Å². The van der Waals surface area contributed by atoms with E-state index in [-0.39, 0.29) is 0 Å². The fourth-order valence-electron chi connectivity index (χ4n) is 2.19. The molecule has 96 valence electrons. The summed E-state index contributed by atoms with van der Waals surface area (Å²) in [5, 5.41) is 3.64. The third kappa shape index (κ3) is 5.28. The molecule has 0 spiro atoms. The molecular formula is C13H28N2O. The molecule has 0 aromatic rings. The molecule has 1 fully saturated rings. The topological polar surface area (TPSA) is 24.5 Å². The second-order valence-electron chi connectivity index (χ2n) is 4.91. The molecule has 1 rings (SSSR count). The molecule has 2 unspecified atom stereocenters. The monoisotopic (exact) mass is 228 g/mol. The molecule has 0 aromatic carbocycles. The van der Waals surface area contributed by atoms with Gasteiger partial charge in [-0.1, -0.05) is 26.7 Å². The highest BCUT2D eigenvalue weighted by molar-refractivity contribution is 4.74. The number of hydrogen-bond acceptors (Lipinski definition) is 3. The van der Waals surface area contributed by atoms with Crippen molar-refractivity contribution < 1.29 is 4.74 Å². The maximum Gasteiger partial charge on any atom is 0.0826 e. The number of rotatable bonds is 7. The van der Waals surface area contributed by atoms with Crippen LogP contribution in [0.3, 0.4) is 0 Å². The van der Waals surface area contributed by atoms with Crippen LogP contribution in [0.5, 0.6) is 0 Å². The van der Waals surface area contributed by atoms with Gasteiger partial charge in [0.2, 0.25) is 0 Å². The minimum absolute atomic E-state index is 0.384. The van der Waals surface area contributed by atoms with Crippen LogP contribution in [0.1, 0.15) is 39.5 Å². The Morgan fingerprint density at radius 1 is 1.44 bits per heavy atom. The zero-order chi connectivity index (χ0) is 11.8. The summed E-state index contributed by atoms with van der Waals surface area (Å²) >= 11 is 0. The van der Waals surface area contributed by atoms with Gasteiger partial charge in [0.1, 0.15) is 0 Å². The Hall–Kier alpha value is -0.120. The van der Waals surface area contributed by atoms with Gasteiger partial charge in [0, 0.05) is 25.7 Å². The number of hydrogen-bond donors (Lipinski definition) is 1. The van der Waals surface area contributed by atoms with Gasteiger partial charge in [-0.05, 0) is 19.9 Å². The van der Waals surface area contributed by atoms with Gasteiger partial charge in [0.05, 0.1) is 12.7 Å². The summed E-state index contributed by atoms with van der Waals surface area (Å²) in [6, 6.07) is 0.677. The zero-order valence-electron chi connectivity index (χ0n) is 11.2. The highest BCUT2D eigenvalue weighted by Crippen LogP contribution is 2.06. The molecule has 0 aromatic heterocycles. The normalized spacial score (nSPS) is 24.6. The molecule has 1 N–H and O–H groups in total. The van der Waals surface area contributed by atoms with Crippen molar-refractivity contribution in [1.82, 2.24) is 10.2 Å². The Morgan fingerprint density at radius 2 is 2.25 bits per heavy atom. The first-order valence-electron chi connectivity index (χ1n) is 6.79. The quantitative estimate of drug-likeness (QED) is 0.720. The van der Waals surface area contributed by atoms with Crippen LogP contribution in [0.15, 0.2) is 0 Å². The van der Waals surface area contributed by atoms with E-state index < -0.39 is 0 Å². The first-order valence-corrected chi connectivity index (χ1v) is 6.79. The fraction of sp³-hybridized carbons (Fsp3) is 1.00. The second-order valence-corrected chi connectivity index (χ2v) is 4.91. The molecule has 2 atom stereocenters. The number of unbranched alkanes of at least 4 members (excludes halogenated alkanes) is 1. The molecule has 1 aliphatic heterocycles. The van der Waals surface area contributed by atoms with E-state index in [2.05, 4.69) is 31.1 Å². The molecule has 1 aliphatic rings. The third-order valence-corrected chi connectivity index (χ3v) is 3.38. The summed E-state index contributed by atoms with van der Waals surface area (Å²) in [6.07, 6.45) is 5.53. The minimum atomic E-state index is 0.384. The van der Waals surface area contributed by atoms with Crippen LogP contribution in [0.4, 0.5) is 0 Å². The van der Waals surface area contributed by atoms with Crippen molar-refractivity contribution in [3.63, 3.8) is 0 Å². The SMILES string of the molecule is CCCCC(CC)NCC1CN(C)CCO1. The van der Waals surface area contributed by atoms with Crippen LogP contribution in [-0.4, -0.2) is 50.3 Å². The van der Waals surface area contributed by atoms with Crippen molar-refractivity contribution in [3.05, 3.63) is 0 Å². The second kappa shape index (κ2) is 8.04. The molecule has 1 saturated heterocycles. The number of nitrogens with one attached hydrogen (secondary N) is 1. The van der Waals surface area contributed by atoms with Crippen LogP contribution in [-0.2, 0) is 4.74 Å². The van der Waals surface area contributed by atoms with Crippen LogP contribution >= 0.6 is 0 Å². The smallest absolute Gasteiger partial charge is 0.0826 e. The third-order valence-electron chi connectivity index (χ3n) is 3.38. The van der Waals surface area contributed by atoms with Crippen LogP contribution < -0.4 is 5.32 Å².